The molecule has 0 spiro atoms. The van der Waals surface area contributed by atoms with Crippen molar-refractivity contribution < 1.29 is 4.39 Å². The van der Waals surface area contributed by atoms with E-state index in [4.69, 9.17) is 5.73 Å². The summed E-state index contributed by atoms with van der Waals surface area (Å²) in [7, 11) is 1.80. The highest BCUT2D eigenvalue weighted by Gasteiger charge is 2.31. The van der Waals surface area contributed by atoms with Crippen molar-refractivity contribution in [3.8, 4) is 0 Å². The molecule has 0 bridgehead atoms. The molecule has 0 aromatic carbocycles. The number of nitrogens with two attached hydrogens (primary N) is 1. The molecule has 1 rings (SSSR count). The van der Waals surface area contributed by atoms with E-state index in [-0.39, 0.29) is 6.04 Å². The van der Waals surface area contributed by atoms with E-state index in [1.807, 2.05) is 0 Å². The summed E-state index contributed by atoms with van der Waals surface area (Å²) in [6, 6.07) is -0.160. The molecule has 0 aromatic rings. The van der Waals surface area contributed by atoms with Gasteiger partial charge in [0.25, 0.3) is 0 Å². The minimum atomic E-state index is -0.865. The molecule has 2 N–H and O–H groups in total. The molecular weight excluding hydrogens is 219 g/mol. The number of halogens is 1. The van der Waals surface area contributed by atoms with E-state index in [9.17, 15) is 4.39 Å². The van der Waals surface area contributed by atoms with E-state index >= 15 is 0 Å². The Hall–Kier alpha value is -1.10. The molecular formula is C12H23FN4. The van der Waals surface area contributed by atoms with Crippen molar-refractivity contribution in [1.29, 1.82) is 0 Å². The topological polar surface area (TPSA) is 44.9 Å². The van der Waals surface area contributed by atoms with Gasteiger partial charge in [0, 0.05) is 25.8 Å². The second-order valence-electron chi connectivity index (χ2n) is 4.55. The van der Waals surface area contributed by atoms with Gasteiger partial charge in [-0.2, -0.15) is 5.10 Å². The van der Waals surface area contributed by atoms with Crippen molar-refractivity contribution in [3.05, 3.63) is 12.3 Å². The van der Waals surface area contributed by atoms with Crippen molar-refractivity contribution in [2.75, 3.05) is 26.7 Å². The van der Waals surface area contributed by atoms with E-state index in [1.165, 1.54) is 0 Å². The highest BCUT2D eigenvalue weighted by molar-refractivity contribution is 5.96. The summed E-state index contributed by atoms with van der Waals surface area (Å²) in [5.74, 6) is 0. The van der Waals surface area contributed by atoms with Gasteiger partial charge >= 0.3 is 0 Å². The smallest absolute Gasteiger partial charge is 0.135 e. The Kier molecular flexibility index (Phi) is 4.93. The van der Waals surface area contributed by atoms with Crippen molar-refractivity contribution in [3.63, 3.8) is 0 Å². The van der Waals surface area contributed by atoms with Gasteiger partial charge in [0.05, 0.1) is 11.8 Å². The Morgan fingerprint density at radius 2 is 2.29 bits per heavy atom. The number of hydrazone groups is 1. The maximum Gasteiger partial charge on any atom is 0.135 e. The molecule has 1 aliphatic heterocycles. The quantitative estimate of drug-likeness (QED) is 0.595. The van der Waals surface area contributed by atoms with Crippen LogP contribution in [-0.2, 0) is 0 Å². The number of hydrogen-bond donors (Lipinski definition) is 1. The first-order valence-corrected chi connectivity index (χ1v) is 6.05. The van der Waals surface area contributed by atoms with Crippen molar-refractivity contribution in [2.45, 2.75) is 32.5 Å². The molecule has 0 amide bonds. The van der Waals surface area contributed by atoms with Crippen LogP contribution in [0, 0.1) is 0 Å². The number of rotatable bonds is 4. The van der Waals surface area contributed by atoms with Crippen LogP contribution in [-0.4, -0.2) is 54.5 Å². The van der Waals surface area contributed by atoms with Crippen LogP contribution in [0.5, 0.6) is 0 Å². The Labute approximate surface area is 103 Å². The van der Waals surface area contributed by atoms with E-state index < -0.39 is 6.17 Å². The highest BCUT2D eigenvalue weighted by Crippen LogP contribution is 2.19. The predicted octanol–water partition coefficient (Wildman–Crippen LogP) is 1.20. The number of allylic oxidation sites excluding steroid dienone is 1. The van der Waals surface area contributed by atoms with E-state index in [2.05, 4.69) is 23.5 Å². The minimum Gasteiger partial charge on any atom is -0.398 e. The predicted molar refractivity (Wildman–Crippen MR) is 69.6 cm³/mol. The maximum absolute atomic E-state index is 14.0. The molecule has 0 radical (unpaired) electrons. The number of likely N-dealkylation sites (tertiary alicyclic amines) is 1. The molecule has 98 valence electrons. The number of alkyl halides is 1. The van der Waals surface area contributed by atoms with Crippen molar-refractivity contribution >= 4 is 5.71 Å². The fraction of sp³-hybridized carbons (Fsp3) is 0.750. The largest absolute Gasteiger partial charge is 0.398 e. The van der Waals surface area contributed by atoms with Gasteiger partial charge in [-0.15, -0.1) is 0 Å². The molecule has 4 nitrogen and oxygen atoms in total. The second kappa shape index (κ2) is 6.00. The van der Waals surface area contributed by atoms with Crippen LogP contribution in [0.2, 0.25) is 0 Å². The molecule has 0 aromatic heterocycles. The SMILES string of the molecule is C=C(N)/C(C)=N\N(C)C1CCN(CC)CC1F. The molecule has 1 heterocycles. The highest BCUT2D eigenvalue weighted by atomic mass is 19.1. The summed E-state index contributed by atoms with van der Waals surface area (Å²) in [4.78, 5) is 2.12. The summed E-state index contributed by atoms with van der Waals surface area (Å²) in [5.41, 5.74) is 6.62. The zero-order chi connectivity index (χ0) is 13.0. The maximum atomic E-state index is 14.0. The third-order valence-corrected chi connectivity index (χ3v) is 3.29. The zero-order valence-corrected chi connectivity index (χ0v) is 11.0. The monoisotopic (exact) mass is 242 g/mol. The van der Waals surface area contributed by atoms with E-state index in [0.717, 1.165) is 19.5 Å². The summed E-state index contributed by atoms with van der Waals surface area (Å²) in [6.07, 6.45) is -0.0735. The second-order valence-corrected chi connectivity index (χ2v) is 4.55. The number of piperidine rings is 1. The molecule has 1 saturated heterocycles. The average molecular weight is 242 g/mol. The van der Waals surface area contributed by atoms with Gasteiger partial charge in [-0.25, -0.2) is 4.39 Å². The Morgan fingerprint density at radius 1 is 1.65 bits per heavy atom. The Morgan fingerprint density at radius 3 is 2.76 bits per heavy atom. The van der Waals surface area contributed by atoms with Crippen LogP contribution >= 0.6 is 0 Å². The lowest BCUT2D eigenvalue weighted by Crippen LogP contribution is -2.50. The van der Waals surface area contributed by atoms with Gasteiger partial charge in [0.2, 0.25) is 0 Å². The molecule has 5 heteroatoms. The number of nitrogens with zero attached hydrogens (tertiary/aromatic N) is 3. The summed E-state index contributed by atoms with van der Waals surface area (Å²) < 4.78 is 14.0. The Balaban J connectivity index is 2.62. The van der Waals surface area contributed by atoms with Crippen molar-refractivity contribution in [1.82, 2.24) is 9.91 Å². The first-order chi connectivity index (χ1) is 7.95. The molecule has 1 aliphatic rings. The van der Waals surface area contributed by atoms with Gasteiger partial charge in [-0.3, -0.25) is 5.01 Å². The molecule has 0 aliphatic carbocycles. The van der Waals surface area contributed by atoms with Crippen LogP contribution in [0.25, 0.3) is 0 Å². The van der Waals surface area contributed by atoms with Gasteiger partial charge in [0.15, 0.2) is 0 Å². The lowest BCUT2D eigenvalue weighted by atomic mass is 10.0. The summed E-state index contributed by atoms with van der Waals surface area (Å²) in [6.45, 7) is 9.77. The van der Waals surface area contributed by atoms with Crippen LogP contribution in [0.15, 0.2) is 17.4 Å². The fourth-order valence-corrected chi connectivity index (χ4v) is 2.04. The van der Waals surface area contributed by atoms with Crippen LogP contribution in [0.4, 0.5) is 4.39 Å². The molecule has 0 saturated carbocycles. The summed E-state index contributed by atoms with van der Waals surface area (Å²) >= 11 is 0. The van der Waals surface area contributed by atoms with Crippen LogP contribution < -0.4 is 5.73 Å². The lowest BCUT2D eigenvalue weighted by molar-refractivity contribution is 0.0505. The van der Waals surface area contributed by atoms with E-state index in [0.29, 0.717) is 18.0 Å². The zero-order valence-electron chi connectivity index (χ0n) is 11.0. The average Bonchev–Trinajstić information content (AvgIpc) is 2.28. The standard InChI is InChI=1S/C12H23FN4/c1-5-17-7-6-12(11(13)8-17)16(4)15-10(3)9(2)14/h11-12H,2,5-8,14H2,1,3-4H3/b15-10-. The van der Waals surface area contributed by atoms with E-state index in [1.54, 1.807) is 19.0 Å². The molecule has 2 atom stereocenters. The third-order valence-electron chi connectivity index (χ3n) is 3.29. The first-order valence-electron chi connectivity index (χ1n) is 6.05. The third kappa shape index (κ3) is 3.70. The van der Waals surface area contributed by atoms with Gasteiger partial charge in [0.1, 0.15) is 6.17 Å². The van der Waals surface area contributed by atoms with Gasteiger partial charge in [-0.05, 0) is 19.9 Å². The summed E-state index contributed by atoms with van der Waals surface area (Å²) in [5, 5.41) is 5.95. The lowest BCUT2D eigenvalue weighted by Gasteiger charge is -2.37. The Bertz CT molecular complexity index is 303. The van der Waals surface area contributed by atoms with Gasteiger partial charge < -0.3 is 10.6 Å². The number of hydrogen-bond acceptors (Lipinski definition) is 4. The van der Waals surface area contributed by atoms with Crippen LogP contribution in [0.1, 0.15) is 20.3 Å². The minimum absolute atomic E-state index is 0.160. The van der Waals surface area contributed by atoms with Crippen LogP contribution in [0.3, 0.4) is 0 Å². The van der Waals surface area contributed by atoms with Gasteiger partial charge in [-0.1, -0.05) is 13.5 Å². The molecule has 2 unspecified atom stereocenters. The van der Waals surface area contributed by atoms with Crippen molar-refractivity contribution in [2.24, 2.45) is 10.8 Å². The molecule has 17 heavy (non-hydrogen) atoms. The normalized spacial score (nSPS) is 26.9. The molecule has 1 fully saturated rings. The first kappa shape index (κ1) is 14.0. The fourth-order valence-electron chi connectivity index (χ4n) is 2.04.